The van der Waals surface area contributed by atoms with Crippen LogP contribution in [0, 0.1) is 6.92 Å². The molecule has 0 fully saturated rings. The summed E-state index contributed by atoms with van der Waals surface area (Å²) in [4.78, 5) is 13.0. The molecule has 0 atom stereocenters. The first kappa shape index (κ1) is 26.7. The number of ether oxygens (including phenoxy) is 1. The van der Waals surface area contributed by atoms with Crippen LogP contribution in [0.1, 0.15) is 11.1 Å². The highest BCUT2D eigenvalue weighted by Crippen LogP contribution is 2.28. The van der Waals surface area contributed by atoms with Gasteiger partial charge in [0.25, 0.3) is 0 Å². The van der Waals surface area contributed by atoms with E-state index in [0.717, 1.165) is 9.87 Å². The van der Waals surface area contributed by atoms with E-state index < -0.39 is 22.5 Å². The van der Waals surface area contributed by atoms with Gasteiger partial charge in [0.1, 0.15) is 11.5 Å². The molecule has 4 aromatic rings. The molecule has 0 aliphatic carbocycles. The average Bonchev–Trinajstić information content (AvgIpc) is 2.87. The summed E-state index contributed by atoms with van der Waals surface area (Å²) >= 11 is 12.6. The molecule has 0 heterocycles. The van der Waals surface area contributed by atoms with Crippen molar-refractivity contribution in [1.29, 1.82) is 0 Å². The van der Waals surface area contributed by atoms with Crippen molar-refractivity contribution >= 4 is 44.8 Å². The van der Waals surface area contributed by atoms with Gasteiger partial charge in [0, 0.05) is 27.8 Å². The number of aryl methyl sites for hydroxylation is 1. The van der Waals surface area contributed by atoms with Crippen LogP contribution in [0.2, 0.25) is 10.0 Å². The maximum atomic E-state index is 13.5. The molecule has 6 nitrogen and oxygen atoms in total. The van der Waals surface area contributed by atoms with Crippen molar-refractivity contribution in [2.75, 3.05) is 11.9 Å². The highest BCUT2D eigenvalue weighted by atomic mass is 35.5. The largest absolute Gasteiger partial charge is 0.457 e. The number of rotatable bonds is 9. The van der Waals surface area contributed by atoms with E-state index in [1.165, 1.54) is 12.1 Å². The van der Waals surface area contributed by atoms with Crippen molar-refractivity contribution < 1.29 is 17.9 Å². The van der Waals surface area contributed by atoms with E-state index in [0.29, 0.717) is 32.8 Å². The van der Waals surface area contributed by atoms with Crippen molar-refractivity contribution in [3.63, 3.8) is 0 Å². The third-order valence-electron chi connectivity index (χ3n) is 5.49. The van der Waals surface area contributed by atoms with Gasteiger partial charge in [-0.25, -0.2) is 8.42 Å². The molecule has 4 aromatic carbocycles. The summed E-state index contributed by atoms with van der Waals surface area (Å²) in [5.74, 6) is 0.770. The maximum Gasteiger partial charge on any atom is 0.243 e. The average molecular weight is 555 g/mol. The van der Waals surface area contributed by atoms with Gasteiger partial charge in [0.2, 0.25) is 15.9 Å². The van der Waals surface area contributed by atoms with E-state index in [1.54, 1.807) is 54.6 Å². The van der Waals surface area contributed by atoms with Crippen molar-refractivity contribution in [2.45, 2.75) is 18.4 Å². The number of hydrogen-bond donors (Lipinski definition) is 1. The standard InChI is InChI=1S/C28H24Cl2N2O4S/c1-20-10-16-24(17-11-20)37(34,35)32(18-25-26(29)8-5-9-27(25)30)19-28(33)31-21-12-14-23(15-13-21)36-22-6-3-2-4-7-22/h2-17H,18-19H2,1H3,(H,31,33). The molecular weight excluding hydrogens is 531 g/mol. The van der Waals surface area contributed by atoms with Crippen LogP contribution in [0.4, 0.5) is 5.69 Å². The number of nitrogens with zero attached hydrogens (tertiary/aromatic N) is 1. The number of anilines is 1. The van der Waals surface area contributed by atoms with E-state index >= 15 is 0 Å². The lowest BCUT2D eigenvalue weighted by Gasteiger charge is -2.23. The molecule has 0 aliphatic heterocycles. The number of benzene rings is 4. The van der Waals surface area contributed by atoms with E-state index in [2.05, 4.69) is 5.32 Å². The molecule has 1 amide bonds. The Morgan fingerprint density at radius 1 is 0.811 bits per heavy atom. The maximum absolute atomic E-state index is 13.5. The summed E-state index contributed by atoms with van der Waals surface area (Å²) in [5, 5.41) is 3.37. The molecule has 0 aliphatic rings. The summed E-state index contributed by atoms with van der Waals surface area (Å²) in [6, 6.07) is 27.4. The van der Waals surface area contributed by atoms with E-state index in [-0.39, 0.29) is 11.4 Å². The van der Waals surface area contributed by atoms with Crippen LogP contribution in [0.25, 0.3) is 0 Å². The zero-order valence-electron chi connectivity index (χ0n) is 19.9. The molecule has 0 bridgehead atoms. The second-order valence-electron chi connectivity index (χ2n) is 8.27. The first-order valence-corrected chi connectivity index (χ1v) is 13.5. The minimum Gasteiger partial charge on any atom is -0.457 e. The fourth-order valence-corrected chi connectivity index (χ4v) is 5.42. The SMILES string of the molecule is Cc1ccc(S(=O)(=O)N(CC(=O)Nc2ccc(Oc3ccccc3)cc2)Cc2c(Cl)cccc2Cl)cc1. The highest BCUT2D eigenvalue weighted by molar-refractivity contribution is 7.89. The molecule has 0 spiro atoms. The lowest BCUT2D eigenvalue weighted by molar-refractivity contribution is -0.116. The molecule has 190 valence electrons. The van der Waals surface area contributed by atoms with Crippen molar-refractivity contribution in [3.05, 3.63) is 118 Å². The third kappa shape index (κ3) is 6.90. The van der Waals surface area contributed by atoms with Gasteiger partial charge >= 0.3 is 0 Å². The Hall–Kier alpha value is -3.36. The quantitative estimate of drug-likeness (QED) is 0.243. The van der Waals surface area contributed by atoms with Gasteiger partial charge in [-0.15, -0.1) is 0 Å². The molecule has 0 saturated carbocycles. The third-order valence-corrected chi connectivity index (χ3v) is 8.01. The normalized spacial score (nSPS) is 11.4. The van der Waals surface area contributed by atoms with E-state index in [1.807, 2.05) is 37.3 Å². The summed E-state index contributed by atoms with van der Waals surface area (Å²) in [7, 11) is -4.04. The lowest BCUT2D eigenvalue weighted by Crippen LogP contribution is -2.37. The number of nitrogens with one attached hydrogen (secondary N) is 1. The number of carbonyl (C=O) groups is 1. The van der Waals surface area contributed by atoms with Crippen LogP contribution in [0.5, 0.6) is 11.5 Å². The Morgan fingerprint density at radius 3 is 2.03 bits per heavy atom. The predicted molar refractivity (Wildman–Crippen MR) is 147 cm³/mol. The Bertz CT molecular complexity index is 1460. The highest BCUT2D eigenvalue weighted by Gasteiger charge is 2.28. The summed E-state index contributed by atoms with van der Waals surface area (Å²) in [5.41, 5.74) is 1.82. The van der Waals surface area contributed by atoms with Gasteiger partial charge in [-0.1, -0.05) is 65.2 Å². The van der Waals surface area contributed by atoms with E-state index in [4.69, 9.17) is 27.9 Å². The van der Waals surface area contributed by atoms with Crippen LogP contribution < -0.4 is 10.1 Å². The van der Waals surface area contributed by atoms with Crippen molar-refractivity contribution in [3.8, 4) is 11.5 Å². The number of para-hydroxylation sites is 1. The van der Waals surface area contributed by atoms with Crippen LogP contribution in [0.3, 0.4) is 0 Å². The zero-order valence-corrected chi connectivity index (χ0v) is 22.2. The Balaban J connectivity index is 1.53. The fourth-order valence-electron chi connectivity index (χ4n) is 3.54. The Kier molecular flexibility index (Phi) is 8.51. The first-order chi connectivity index (χ1) is 17.7. The minimum absolute atomic E-state index is 0.0662. The monoisotopic (exact) mass is 554 g/mol. The van der Waals surface area contributed by atoms with Gasteiger partial charge < -0.3 is 10.1 Å². The van der Waals surface area contributed by atoms with E-state index in [9.17, 15) is 13.2 Å². The smallest absolute Gasteiger partial charge is 0.243 e. The molecular formula is C28H24Cl2N2O4S. The molecule has 1 N–H and O–H groups in total. The number of carbonyl (C=O) groups excluding carboxylic acids is 1. The summed E-state index contributed by atoms with van der Waals surface area (Å²) in [6.45, 7) is 1.24. The minimum atomic E-state index is -4.04. The zero-order chi connectivity index (χ0) is 26.4. The molecule has 0 aromatic heterocycles. The molecule has 0 saturated heterocycles. The van der Waals surface area contributed by atoms with Crippen molar-refractivity contribution in [1.82, 2.24) is 4.31 Å². The Morgan fingerprint density at radius 2 is 1.41 bits per heavy atom. The second-order valence-corrected chi connectivity index (χ2v) is 11.0. The van der Waals surface area contributed by atoms with Gasteiger partial charge in [0.05, 0.1) is 11.4 Å². The Labute approximate surface area is 226 Å². The second kappa shape index (κ2) is 11.8. The number of sulfonamides is 1. The summed E-state index contributed by atoms with van der Waals surface area (Å²) in [6.07, 6.45) is 0. The van der Waals surface area contributed by atoms with Crippen molar-refractivity contribution in [2.24, 2.45) is 0 Å². The number of halogens is 2. The first-order valence-electron chi connectivity index (χ1n) is 11.3. The van der Waals surface area contributed by atoms with Gasteiger partial charge in [-0.05, 0) is 67.6 Å². The van der Waals surface area contributed by atoms with Crippen LogP contribution >= 0.6 is 23.2 Å². The van der Waals surface area contributed by atoms with Gasteiger partial charge in [-0.2, -0.15) is 4.31 Å². The van der Waals surface area contributed by atoms with Crippen LogP contribution in [-0.2, 0) is 21.4 Å². The molecule has 37 heavy (non-hydrogen) atoms. The van der Waals surface area contributed by atoms with Crippen LogP contribution in [-0.4, -0.2) is 25.2 Å². The molecule has 0 radical (unpaired) electrons. The molecule has 0 unspecified atom stereocenters. The fraction of sp³-hybridized carbons (Fsp3) is 0.107. The van der Waals surface area contributed by atoms with Gasteiger partial charge in [0.15, 0.2) is 0 Å². The van der Waals surface area contributed by atoms with Gasteiger partial charge in [-0.3, -0.25) is 4.79 Å². The topological polar surface area (TPSA) is 75.7 Å². The lowest BCUT2D eigenvalue weighted by atomic mass is 10.2. The summed E-state index contributed by atoms with van der Waals surface area (Å²) < 4.78 is 33.9. The predicted octanol–water partition coefficient (Wildman–Crippen LogP) is 6.92. The number of hydrogen-bond acceptors (Lipinski definition) is 4. The molecule has 4 rings (SSSR count). The molecule has 9 heteroatoms. The number of amides is 1. The van der Waals surface area contributed by atoms with Crippen LogP contribution in [0.15, 0.2) is 102 Å².